The highest BCUT2D eigenvalue weighted by molar-refractivity contribution is 6.00. The van der Waals surface area contributed by atoms with E-state index in [1.54, 1.807) is 60.7 Å². The lowest BCUT2D eigenvalue weighted by molar-refractivity contribution is -0.142. The van der Waals surface area contributed by atoms with Gasteiger partial charge in [0.15, 0.2) is 0 Å². The number of amides is 6. The summed E-state index contributed by atoms with van der Waals surface area (Å²) in [5.74, 6) is -3.54. The first-order chi connectivity index (χ1) is 34.2. The van der Waals surface area contributed by atoms with E-state index in [0.29, 0.717) is 28.2 Å². The summed E-state index contributed by atoms with van der Waals surface area (Å²) in [6, 6.07) is 21.4. The van der Waals surface area contributed by atoms with E-state index in [4.69, 9.17) is 20.9 Å². The highest BCUT2D eigenvalue weighted by atomic mass is 16.5. The number of aliphatic hydroxyl groups excluding tert-OH is 2. The van der Waals surface area contributed by atoms with Crippen LogP contribution >= 0.6 is 0 Å². The Morgan fingerprint density at radius 1 is 0.873 bits per heavy atom. The van der Waals surface area contributed by atoms with Crippen LogP contribution in [0.4, 0.5) is 0 Å². The molecule has 4 aromatic carbocycles. The molecule has 19 nitrogen and oxygen atoms in total. The third-order valence-electron chi connectivity index (χ3n) is 11.8. The molecule has 4 bridgehead atoms. The Labute approximate surface area is 413 Å². The topological polar surface area (TPSA) is 301 Å². The van der Waals surface area contributed by atoms with E-state index in [1.165, 1.54) is 19.5 Å². The number of likely N-dealkylation sites (N-methyl/N-ethyl adjacent to an activating group) is 1. The molecule has 0 aromatic heterocycles. The SMILES string of the molecule is CCCCc1ccc(-c2ccc(C(=O)N[C@@H](CCC(=O)NCC(O)CO)C(=O)N(C)[C@@H]3C(=O)N[C@@H](C)C(=O)N[C@H](C(=O)NCC#N)Cc4ccc(OCCN)c(c4)-c4cc3ccc4OCCN)cc2)cc1. The molecule has 6 amide bonds. The monoisotopic (exact) mass is 975 g/mol. The zero-order chi connectivity index (χ0) is 51.5. The number of aryl methyl sites for hydroxylation is 1. The third-order valence-corrected chi connectivity index (χ3v) is 11.8. The Kier molecular flexibility index (Phi) is 20.9. The van der Waals surface area contributed by atoms with E-state index in [9.17, 15) is 44.2 Å². The summed E-state index contributed by atoms with van der Waals surface area (Å²) >= 11 is 0. The standard InChI is InChI=1S/C52H65N9O10/c1-4-5-6-33-7-10-35(11-8-33)36-12-14-37(15-13-36)49(66)59-42(17-20-46(64)57-30-39(63)31-62)52(69)61(3)47-38-16-19-45(71-26-23-55)41(29-38)40-27-34(9-18-44(40)70-25-22-54)28-43(50(67)56-24-21-53)60-48(65)32(2)58-51(47)68/h7-16,18-19,27,29,32,39,42-43,47,62-63H,4-6,17,20,22-26,28,30-31,54-55H2,1-3H3,(H,56,67)(H,57,64)(H,58,68)(H,59,66)(H,60,65)/t32-,39?,42-,43-,47-/m0/s1. The van der Waals surface area contributed by atoms with Crippen molar-refractivity contribution in [2.24, 2.45) is 11.5 Å². The molecule has 1 aliphatic rings. The Morgan fingerprint density at radius 2 is 1.51 bits per heavy atom. The molecule has 1 aliphatic heterocycles. The van der Waals surface area contributed by atoms with Crippen LogP contribution in [0, 0.1) is 11.3 Å². The normalized spacial score (nSPS) is 16.4. The molecule has 0 saturated heterocycles. The number of aliphatic hydroxyl groups is 2. The lowest BCUT2D eigenvalue weighted by atomic mass is 9.93. The van der Waals surface area contributed by atoms with Crippen molar-refractivity contribution in [1.29, 1.82) is 5.26 Å². The first kappa shape index (κ1) is 54.6. The number of nitrogens with zero attached hydrogens (tertiary/aromatic N) is 2. The molecule has 4 aromatic rings. The summed E-state index contributed by atoms with van der Waals surface area (Å²) in [6.45, 7) is 2.90. The van der Waals surface area contributed by atoms with E-state index in [0.717, 1.165) is 35.3 Å². The lowest BCUT2D eigenvalue weighted by Crippen LogP contribution is -2.56. The highest BCUT2D eigenvalue weighted by Gasteiger charge is 2.36. The van der Waals surface area contributed by atoms with Crippen LogP contribution < -0.4 is 47.5 Å². The molecular weight excluding hydrogens is 911 g/mol. The van der Waals surface area contributed by atoms with Gasteiger partial charge in [-0.3, -0.25) is 28.8 Å². The fourth-order valence-electron chi connectivity index (χ4n) is 7.92. The number of rotatable bonds is 22. The number of unbranched alkanes of at least 4 members (excludes halogenated alkanes) is 1. The Bertz CT molecular complexity index is 2510. The van der Waals surface area contributed by atoms with Crippen LogP contribution in [-0.4, -0.2) is 128 Å². The molecule has 0 saturated carbocycles. The first-order valence-electron chi connectivity index (χ1n) is 23.7. The van der Waals surface area contributed by atoms with Crippen molar-refractivity contribution < 1.29 is 48.5 Å². The average molecular weight is 976 g/mol. The molecule has 19 heteroatoms. The zero-order valence-corrected chi connectivity index (χ0v) is 40.4. The van der Waals surface area contributed by atoms with Crippen LogP contribution in [0.2, 0.25) is 0 Å². The van der Waals surface area contributed by atoms with Crippen LogP contribution in [0.25, 0.3) is 22.3 Å². The Balaban J connectivity index is 1.57. The largest absolute Gasteiger partial charge is 0.492 e. The third kappa shape index (κ3) is 15.3. The van der Waals surface area contributed by atoms with Gasteiger partial charge in [-0.2, -0.15) is 5.26 Å². The zero-order valence-electron chi connectivity index (χ0n) is 40.4. The number of nitrogens with two attached hydrogens (primary N) is 2. The van der Waals surface area contributed by atoms with Crippen molar-refractivity contribution in [3.63, 3.8) is 0 Å². The molecule has 1 unspecified atom stereocenters. The van der Waals surface area contributed by atoms with Crippen LogP contribution in [-0.2, 0) is 36.8 Å². The van der Waals surface area contributed by atoms with Gasteiger partial charge >= 0.3 is 0 Å². The molecule has 0 fully saturated rings. The predicted octanol–water partition coefficient (Wildman–Crippen LogP) is 1.77. The Hall–Kier alpha value is -7.37. The number of carbonyl (C=O) groups excluding carboxylic acids is 6. The van der Waals surface area contributed by atoms with Crippen molar-refractivity contribution in [2.45, 2.75) is 82.6 Å². The van der Waals surface area contributed by atoms with E-state index >= 15 is 0 Å². The number of fused-ring (bicyclic) bond motifs is 5. The minimum atomic E-state index is -1.50. The summed E-state index contributed by atoms with van der Waals surface area (Å²) in [4.78, 5) is 85.1. The molecule has 1 heterocycles. The van der Waals surface area contributed by atoms with Gasteiger partial charge in [-0.25, -0.2) is 0 Å². The molecule has 0 spiro atoms. The minimum Gasteiger partial charge on any atom is -0.492 e. The maximum Gasteiger partial charge on any atom is 0.251 e. The second-order valence-electron chi connectivity index (χ2n) is 17.2. The molecular formula is C52H65N9O10. The van der Waals surface area contributed by atoms with Gasteiger partial charge in [-0.05, 0) is 90.4 Å². The van der Waals surface area contributed by atoms with Gasteiger partial charge < -0.3 is 62.6 Å². The van der Waals surface area contributed by atoms with Gasteiger partial charge in [0.05, 0.1) is 18.8 Å². The predicted molar refractivity (Wildman–Crippen MR) is 265 cm³/mol. The van der Waals surface area contributed by atoms with Crippen LogP contribution in [0.15, 0.2) is 84.9 Å². The summed E-state index contributed by atoms with van der Waals surface area (Å²) in [6.07, 6.45) is 1.32. The van der Waals surface area contributed by atoms with Crippen molar-refractivity contribution in [2.75, 3.05) is 53.0 Å². The van der Waals surface area contributed by atoms with Crippen LogP contribution in [0.1, 0.15) is 72.6 Å². The summed E-state index contributed by atoms with van der Waals surface area (Å²) < 4.78 is 12.2. The van der Waals surface area contributed by atoms with Crippen molar-refractivity contribution in [3.05, 3.63) is 107 Å². The van der Waals surface area contributed by atoms with Gasteiger partial charge in [0.25, 0.3) is 5.91 Å². The first-order valence-corrected chi connectivity index (χ1v) is 23.7. The smallest absolute Gasteiger partial charge is 0.251 e. The number of nitrogens with one attached hydrogen (secondary N) is 5. The molecule has 5 atom stereocenters. The molecule has 0 radical (unpaired) electrons. The number of benzene rings is 4. The van der Waals surface area contributed by atoms with Crippen LogP contribution in [0.5, 0.6) is 11.5 Å². The van der Waals surface area contributed by atoms with Gasteiger partial charge in [-0.15, -0.1) is 0 Å². The summed E-state index contributed by atoms with van der Waals surface area (Å²) in [7, 11) is 1.35. The number of ether oxygens (including phenoxy) is 2. The fourth-order valence-corrected chi connectivity index (χ4v) is 7.92. The number of carbonyl (C=O) groups is 6. The second-order valence-corrected chi connectivity index (χ2v) is 17.2. The quantitative estimate of drug-likeness (QED) is 0.0508. The van der Waals surface area contributed by atoms with Gasteiger partial charge in [0, 0.05) is 56.2 Å². The maximum atomic E-state index is 15.0. The summed E-state index contributed by atoms with van der Waals surface area (Å²) in [5, 5.41) is 41.5. The van der Waals surface area contributed by atoms with Gasteiger partial charge in [0.2, 0.25) is 29.5 Å². The molecule has 378 valence electrons. The lowest BCUT2D eigenvalue weighted by Gasteiger charge is -2.32. The van der Waals surface area contributed by atoms with E-state index in [2.05, 4.69) is 45.6 Å². The molecule has 0 aliphatic carbocycles. The van der Waals surface area contributed by atoms with Gasteiger partial charge in [0.1, 0.15) is 55.4 Å². The number of nitriles is 1. The number of hydrogen-bond acceptors (Lipinski definition) is 13. The van der Waals surface area contributed by atoms with Crippen molar-refractivity contribution in [1.82, 2.24) is 31.5 Å². The fraction of sp³-hybridized carbons (Fsp3) is 0.404. The molecule has 5 rings (SSSR count). The van der Waals surface area contributed by atoms with Crippen LogP contribution in [0.3, 0.4) is 0 Å². The van der Waals surface area contributed by atoms with E-state index in [1.807, 2.05) is 18.2 Å². The average Bonchev–Trinajstić information content (AvgIpc) is 3.38. The van der Waals surface area contributed by atoms with E-state index < -0.39 is 72.3 Å². The molecule has 71 heavy (non-hydrogen) atoms. The Morgan fingerprint density at radius 3 is 2.13 bits per heavy atom. The summed E-state index contributed by atoms with van der Waals surface area (Å²) in [5.41, 5.74) is 16.6. The van der Waals surface area contributed by atoms with Gasteiger partial charge in [-0.1, -0.05) is 61.9 Å². The van der Waals surface area contributed by atoms with E-state index in [-0.39, 0.29) is 69.8 Å². The maximum absolute atomic E-state index is 15.0. The highest BCUT2D eigenvalue weighted by Crippen LogP contribution is 2.40. The second kappa shape index (κ2) is 27.1. The van der Waals surface area contributed by atoms with Crippen molar-refractivity contribution in [3.8, 4) is 39.8 Å². The van der Waals surface area contributed by atoms with Crippen molar-refractivity contribution >= 4 is 35.4 Å². The number of hydrogen-bond donors (Lipinski definition) is 9. The molecule has 11 N–H and O–H groups in total. The minimum absolute atomic E-state index is 0.0311.